The van der Waals surface area contributed by atoms with Gasteiger partial charge in [-0.05, 0) is 37.3 Å². The van der Waals surface area contributed by atoms with E-state index in [1.807, 2.05) is 21.9 Å². The van der Waals surface area contributed by atoms with Crippen molar-refractivity contribution in [1.29, 1.82) is 0 Å². The number of pyridine rings is 1. The number of carbonyl (C=O) groups excluding carboxylic acids is 2. The fraction of sp³-hybridized carbons (Fsp3) is 0.632. The summed E-state index contributed by atoms with van der Waals surface area (Å²) in [5.41, 5.74) is 0.859. The van der Waals surface area contributed by atoms with Gasteiger partial charge in [0.2, 0.25) is 5.91 Å². The Labute approximate surface area is 153 Å². The highest BCUT2D eigenvalue weighted by Crippen LogP contribution is 2.39. The maximum Gasteiger partial charge on any atom is 0.254 e. The van der Waals surface area contributed by atoms with Crippen LogP contribution in [0.15, 0.2) is 24.5 Å². The van der Waals surface area contributed by atoms with Crippen molar-refractivity contribution in [2.24, 2.45) is 0 Å². The van der Waals surface area contributed by atoms with Gasteiger partial charge in [-0.2, -0.15) is 0 Å². The van der Waals surface area contributed by atoms with Crippen LogP contribution in [0.25, 0.3) is 0 Å². The lowest BCUT2D eigenvalue weighted by Gasteiger charge is -2.43. The Morgan fingerprint density at radius 1 is 1.27 bits per heavy atom. The lowest BCUT2D eigenvalue weighted by molar-refractivity contribution is -0.171. The van der Waals surface area contributed by atoms with E-state index in [9.17, 15) is 9.59 Å². The number of aromatic nitrogens is 1. The van der Waals surface area contributed by atoms with E-state index in [1.54, 1.807) is 19.5 Å². The topological polar surface area (TPSA) is 72.0 Å². The smallest absolute Gasteiger partial charge is 0.254 e. The molecule has 3 aliphatic rings. The van der Waals surface area contributed by atoms with Crippen molar-refractivity contribution < 1.29 is 19.1 Å². The molecule has 0 N–H and O–H groups in total. The zero-order chi connectivity index (χ0) is 18.1. The number of methoxy groups -OCH3 is 1. The first kappa shape index (κ1) is 17.4. The molecule has 0 bridgehead atoms. The van der Waals surface area contributed by atoms with Crippen molar-refractivity contribution in [2.45, 2.75) is 50.0 Å². The Morgan fingerprint density at radius 3 is 2.65 bits per heavy atom. The van der Waals surface area contributed by atoms with Gasteiger partial charge in [0.15, 0.2) is 6.10 Å². The van der Waals surface area contributed by atoms with Crippen LogP contribution in [-0.4, -0.2) is 71.7 Å². The molecule has 7 nitrogen and oxygen atoms in total. The van der Waals surface area contributed by atoms with Crippen LogP contribution in [-0.2, 0) is 19.1 Å². The molecule has 0 aromatic carbocycles. The van der Waals surface area contributed by atoms with Gasteiger partial charge in [0, 0.05) is 38.6 Å². The Bertz CT molecular complexity index is 656. The highest BCUT2D eigenvalue weighted by Gasteiger charge is 2.48. The maximum absolute atomic E-state index is 13.2. The van der Waals surface area contributed by atoms with Gasteiger partial charge in [0.25, 0.3) is 5.91 Å². The Hall–Kier alpha value is -1.99. The number of hydrogen-bond donors (Lipinski definition) is 0. The van der Waals surface area contributed by atoms with E-state index in [-0.39, 0.29) is 30.6 Å². The van der Waals surface area contributed by atoms with Crippen LogP contribution >= 0.6 is 0 Å². The van der Waals surface area contributed by atoms with Crippen LogP contribution in [0, 0.1) is 0 Å². The fourth-order valence-electron chi connectivity index (χ4n) is 4.00. The van der Waals surface area contributed by atoms with E-state index < -0.39 is 12.1 Å². The third kappa shape index (κ3) is 3.33. The summed E-state index contributed by atoms with van der Waals surface area (Å²) in [5.74, 6) is -0.0740. The molecule has 1 aliphatic carbocycles. The molecule has 0 radical (unpaired) electrons. The minimum Gasteiger partial charge on any atom is -0.381 e. The molecule has 0 spiro atoms. The second kappa shape index (κ2) is 7.32. The van der Waals surface area contributed by atoms with E-state index >= 15 is 0 Å². The standard InChI is InChI=1S/C19H25N3O4/c1-25-15-6-9-21(10-7-15)19(24)18-17(13-3-2-8-20-11-13)22(14-4-5-14)16(23)12-26-18/h2-3,8,11,14-15,17-18H,4-7,9-10,12H2,1H3/t17-,18+/m1/s1. The summed E-state index contributed by atoms with van der Waals surface area (Å²) in [4.78, 5) is 33.7. The molecule has 3 heterocycles. The molecule has 1 aromatic heterocycles. The van der Waals surface area contributed by atoms with Crippen molar-refractivity contribution in [3.63, 3.8) is 0 Å². The summed E-state index contributed by atoms with van der Waals surface area (Å²) in [6.07, 6.45) is 6.62. The zero-order valence-electron chi connectivity index (χ0n) is 15.0. The number of carbonyl (C=O) groups is 2. The second-order valence-corrected chi connectivity index (χ2v) is 7.26. The fourth-order valence-corrected chi connectivity index (χ4v) is 4.00. The van der Waals surface area contributed by atoms with Crippen LogP contribution in [0.4, 0.5) is 0 Å². The first-order chi connectivity index (χ1) is 12.7. The number of nitrogens with zero attached hydrogens (tertiary/aromatic N) is 3. The van der Waals surface area contributed by atoms with Gasteiger partial charge in [-0.15, -0.1) is 0 Å². The second-order valence-electron chi connectivity index (χ2n) is 7.26. The van der Waals surface area contributed by atoms with Gasteiger partial charge in [-0.1, -0.05) is 6.07 Å². The normalized spacial score (nSPS) is 27.7. The molecule has 26 heavy (non-hydrogen) atoms. The number of hydrogen-bond acceptors (Lipinski definition) is 5. The molecular weight excluding hydrogens is 334 g/mol. The first-order valence-corrected chi connectivity index (χ1v) is 9.33. The predicted molar refractivity (Wildman–Crippen MR) is 93.2 cm³/mol. The number of ether oxygens (including phenoxy) is 2. The Kier molecular flexibility index (Phi) is 4.91. The SMILES string of the molecule is COC1CCN(C(=O)[C@H]2OCC(=O)N(C3CC3)[C@@H]2c2cccnc2)CC1. The quantitative estimate of drug-likeness (QED) is 0.806. The molecule has 140 valence electrons. The number of amides is 2. The molecule has 2 saturated heterocycles. The summed E-state index contributed by atoms with van der Waals surface area (Å²) in [6.45, 7) is 1.29. The summed E-state index contributed by atoms with van der Waals surface area (Å²) in [6, 6.07) is 3.58. The molecule has 2 atom stereocenters. The lowest BCUT2D eigenvalue weighted by atomic mass is 9.96. The highest BCUT2D eigenvalue weighted by molar-refractivity contribution is 5.87. The monoisotopic (exact) mass is 359 g/mol. The van der Waals surface area contributed by atoms with Crippen molar-refractivity contribution in [1.82, 2.24) is 14.8 Å². The van der Waals surface area contributed by atoms with Gasteiger partial charge < -0.3 is 19.3 Å². The number of morpholine rings is 1. The molecule has 0 unspecified atom stereocenters. The third-order valence-electron chi connectivity index (χ3n) is 5.56. The van der Waals surface area contributed by atoms with Crippen LogP contribution in [0.1, 0.15) is 37.3 Å². The van der Waals surface area contributed by atoms with E-state index in [4.69, 9.17) is 9.47 Å². The molecular formula is C19H25N3O4. The van der Waals surface area contributed by atoms with Crippen LogP contribution in [0.3, 0.4) is 0 Å². The predicted octanol–water partition coefficient (Wildman–Crippen LogP) is 1.15. The molecule has 1 aromatic rings. The van der Waals surface area contributed by atoms with Crippen molar-refractivity contribution in [3.05, 3.63) is 30.1 Å². The third-order valence-corrected chi connectivity index (χ3v) is 5.56. The van der Waals surface area contributed by atoms with E-state index in [1.165, 1.54) is 0 Å². The maximum atomic E-state index is 13.2. The molecule has 1 saturated carbocycles. The summed E-state index contributed by atoms with van der Waals surface area (Å²) in [7, 11) is 1.71. The van der Waals surface area contributed by atoms with Crippen molar-refractivity contribution >= 4 is 11.8 Å². The van der Waals surface area contributed by atoms with Gasteiger partial charge in [-0.25, -0.2) is 0 Å². The largest absolute Gasteiger partial charge is 0.381 e. The first-order valence-electron chi connectivity index (χ1n) is 9.33. The van der Waals surface area contributed by atoms with Crippen LogP contribution in [0.5, 0.6) is 0 Å². The molecule has 2 amide bonds. The van der Waals surface area contributed by atoms with Gasteiger partial charge in [0.1, 0.15) is 6.61 Å². The average molecular weight is 359 g/mol. The van der Waals surface area contributed by atoms with Crippen molar-refractivity contribution in [3.8, 4) is 0 Å². The number of rotatable bonds is 4. The minimum atomic E-state index is -0.670. The Balaban J connectivity index is 1.58. The van der Waals surface area contributed by atoms with E-state index in [0.29, 0.717) is 13.1 Å². The van der Waals surface area contributed by atoms with Gasteiger partial charge in [-0.3, -0.25) is 14.6 Å². The zero-order valence-corrected chi connectivity index (χ0v) is 15.0. The van der Waals surface area contributed by atoms with E-state index in [2.05, 4.69) is 4.98 Å². The number of piperidine rings is 1. The van der Waals surface area contributed by atoms with E-state index in [0.717, 1.165) is 31.2 Å². The lowest BCUT2D eigenvalue weighted by Crippen LogP contribution is -2.56. The van der Waals surface area contributed by atoms with Gasteiger partial charge >= 0.3 is 0 Å². The Morgan fingerprint density at radius 2 is 2.04 bits per heavy atom. The molecule has 3 fully saturated rings. The average Bonchev–Trinajstić information content (AvgIpc) is 3.53. The summed E-state index contributed by atoms with van der Waals surface area (Å²) < 4.78 is 11.2. The summed E-state index contributed by atoms with van der Waals surface area (Å²) >= 11 is 0. The highest BCUT2D eigenvalue weighted by atomic mass is 16.5. The van der Waals surface area contributed by atoms with Crippen LogP contribution < -0.4 is 0 Å². The number of likely N-dealkylation sites (tertiary alicyclic amines) is 1. The van der Waals surface area contributed by atoms with Crippen molar-refractivity contribution in [2.75, 3.05) is 26.8 Å². The van der Waals surface area contributed by atoms with Crippen LogP contribution in [0.2, 0.25) is 0 Å². The molecule has 4 rings (SSSR count). The summed E-state index contributed by atoms with van der Waals surface area (Å²) in [5, 5.41) is 0. The molecule has 7 heteroatoms. The minimum absolute atomic E-state index is 0.0296. The molecule has 2 aliphatic heterocycles. The van der Waals surface area contributed by atoms with Gasteiger partial charge in [0.05, 0.1) is 12.1 Å².